The summed E-state index contributed by atoms with van der Waals surface area (Å²) < 4.78 is 5.57. The van der Waals surface area contributed by atoms with Gasteiger partial charge in [-0.15, -0.1) is 0 Å². The highest BCUT2D eigenvalue weighted by atomic mass is 35.5. The molecular formula is C18H12ClN3O4. The minimum absolute atomic E-state index is 0.0238. The lowest BCUT2D eigenvalue weighted by molar-refractivity contribution is -0.384. The number of nitrogens with zero attached hydrogens (tertiary/aromatic N) is 2. The van der Waals surface area contributed by atoms with Crippen LogP contribution in [0.5, 0.6) is 0 Å². The summed E-state index contributed by atoms with van der Waals surface area (Å²) in [4.78, 5) is 22.3. The molecular weight excluding hydrogens is 358 g/mol. The average molecular weight is 370 g/mol. The second-order valence-corrected chi connectivity index (χ2v) is 5.65. The Morgan fingerprint density at radius 2 is 1.92 bits per heavy atom. The first-order valence-electron chi connectivity index (χ1n) is 7.46. The van der Waals surface area contributed by atoms with Gasteiger partial charge in [-0.1, -0.05) is 23.7 Å². The fraction of sp³-hybridized carbons (Fsp3) is 0. The first-order valence-corrected chi connectivity index (χ1v) is 7.84. The SMILES string of the molecule is O=C(NN=Cc1ccc(-c2cccc([N+](=O)[O-])c2)o1)c1ccc(Cl)cc1. The minimum Gasteiger partial charge on any atom is -0.455 e. The van der Waals surface area contributed by atoms with E-state index in [9.17, 15) is 14.9 Å². The lowest BCUT2D eigenvalue weighted by atomic mass is 10.1. The summed E-state index contributed by atoms with van der Waals surface area (Å²) >= 11 is 5.77. The van der Waals surface area contributed by atoms with E-state index in [0.29, 0.717) is 27.7 Å². The second kappa shape index (κ2) is 7.62. The van der Waals surface area contributed by atoms with Crippen LogP contribution in [0.1, 0.15) is 16.1 Å². The number of nitrogens with one attached hydrogen (secondary N) is 1. The summed E-state index contributed by atoms with van der Waals surface area (Å²) in [6.45, 7) is 0. The topological polar surface area (TPSA) is 97.7 Å². The Labute approximate surface area is 153 Å². The number of hydrazone groups is 1. The molecule has 0 saturated carbocycles. The molecule has 0 saturated heterocycles. The molecule has 1 amide bonds. The number of rotatable bonds is 5. The van der Waals surface area contributed by atoms with Crippen LogP contribution in [0.25, 0.3) is 11.3 Å². The highest BCUT2D eigenvalue weighted by Gasteiger charge is 2.10. The molecule has 3 rings (SSSR count). The largest absolute Gasteiger partial charge is 0.455 e. The van der Waals surface area contributed by atoms with E-state index in [1.807, 2.05) is 0 Å². The number of benzene rings is 2. The lowest BCUT2D eigenvalue weighted by Gasteiger charge is -1.99. The molecule has 0 radical (unpaired) electrons. The van der Waals surface area contributed by atoms with Gasteiger partial charge in [-0.05, 0) is 36.4 Å². The Kier molecular flexibility index (Phi) is 5.09. The Morgan fingerprint density at radius 3 is 2.65 bits per heavy atom. The minimum atomic E-state index is -0.471. The van der Waals surface area contributed by atoms with Crippen molar-refractivity contribution in [2.24, 2.45) is 5.10 Å². The van der Waals surface area contributed by atoms with E-state index < -0.39 is 4.92 Å². The fourth-order valence-electron chi connectivity index (χ4n) is 2.17. The number of carbonyl (C=O) groups is 1. The molecule has 0 unspecified atom stereocenters. The molecule has 0 aliphatic rings. The zero-order valence-electron chi connectivity index (χ0n) is 13.3. The molecule has 0 spiro atoms. The van der Waals surface area contributed by atoms with E-state index in [1.54, 1.807) is 48.5 Å². The molecule has 0 aliphatic carbocycles. The zero-order valence-corrected chi connectivity index (χ0v) is 14.0. The van der Waals surface area contributed by atoms with E-state index in [4.69, 9.17) is 16.0 Å². The predicted molar refractivity (Wildman–Crippen MR) is 97.3 cm³/mol. The third-order valence-corrected chi connectivity index (χ3v) is 3.68. The van der Waals surface area contributed by atoms with Gasteiger partial charge in [0.2, 0.25) is 0 Å². The monoisotopic (exact) mass is 369 g/mol. The van der Waals surface area contributed by atoms with E-state index >= 15 is 0 Å². The van der Waals surface area contributed by atoms with E-state index in [0.717, 1.165) is 0 Å². The van der Waals surface area contributed by atoms with Crippen LogP contribution in [0.2, 0.25) is 5.02 Å². The average Bonchev–Trinajstić information content (AvgIpc) is 3.11. The van der Waals surface area contributed by atoms with Gasteiger partial charge >= 0.3 is 0 Å². The van der Waals surface area contributed by atoms with Crippen LogP contribution in [0, 0.1) is 10.1 Å². The number of nitro groups is 1. The molecule has 0 aliphatic heterocycles. The van der Waals surface area contributed by atoms with Crippen molar-refractivity contribution in [3.05, 3.63) is 87.1 Å². The Hall–Kier alpha value is -3.45. The lowest BCUT2D eigenvalue weighted by Crippen LogP contribution is -2.17. The van der Waals surface area contributed by atoms with Crippen LogP contribution in [-0.4, -0.2) is 17.0 Å². The molecule has 130 valence electrons. The Morgan fingerprint density at radius 1 is 1.15 bits per heavy atom. The highest BCUT2D eigenvalue weighted by molar-refractivity contribution is 6.30. The molecule has 1 heterocycles. The quantitative estimate of drug-likeness (QED) is 0.412. The maximum Gasteiger partial charge on any atom is 0.271 e. The molecule has 7 nitrogen and oxygen atoms in total. The third-order valence-electron chi connectivity index (χ3n) is 3.43. The molecule has 0 fully saturated rings. The van der Waals surface area contributed by atoms with Gasteiger partial charge in [0.15, 0.2) is 0 Å². The van der Waals surface area contributed by atoms with Crippen LogP contribution in [0.4, 0.5) is 5.69 Å². The first kappa shape index (κ1) is 17.4. The van der Waals surface area contributed by atoms with Crippen LogP contribution in [0.15, 0.2) is 70.2 Å². The molecule has 0 bridgehead atoms. The Bertz CT molecular complexity index is 980. The summed E-state index contributed by atoms with van der Waals surface area (Å²) in [7, 11) is 0. The standard InChI is InChI=1S/C18H12ClN3O4/c19-14-6-4-12(5-7-14)18(23)21-20-11-16-8-9-17(26-16)13-2-1-3-15(10-13)22(24)25/h1-11H,(H,21,23). The predicted octanol–water partition coefficient (Wildman–Crippen LogP) is 4.27. The van der Waals surface area contributed by atoms with Crippen molar-refractivity contribution in [3.8, 4) is 11.3 Å². The second-order valence-electron chi connectivity index (χ2n) is 5.22. The number of furan rings is 1. The summed E-state index contributed by atoms with van der Waals surface area (Å²) in [5.74, 6) is 0.463. The van der Waals surface area contributed by atoms with Crippen molar-refractivity contribution in [2.75, 3.05) is 0 Å². The molecule has 2 aromatic carbocycles. The smallest absolute Gasteiger partial charge is 0.271 e. The molecule has 8 heteroatoms. The number of non-ortho nitro benzene ring substituents is 1. The first-order chi connectivity index (χ1) is 12.5. The maximum atomic E-state index is 11.9. The third kappa shape index (κ3) is 4.14. The van der Waals surface area contributed by atoms with Crippen LogP contribution in [-0.2, 0) is 0 Å². The van der Waals surface area contributed by atoms with Gasteiger partial charge in [0, 0.05) is 28.3 Å². The maximum absolute atomic E-state index is 11.9. The van der Waals surface area contributed by atoms with Crippen molar-refractivity contribution < 1.29 is 14.1 Å². The van der Waals surface area contributed by atoms with Crippen molar-refractivity contribution in [1.82, 2.24) is 5.43 Å². The van der Waals surface area contributed by atoms with Gasteiger partial charge in [-0.2, -0.15) is 5.10 Å². The van der Waals surface area contributed by atoms with Crippen molar-refractivity contribution in [1.29, 1.82) is 0 Å². The van der Waals surface area contributed by atoms with E-state index in [2.05, 4.69) is 10.5 Å². The fourth-order valence-corrected chi connectivity index (χ4v) is 2.30. The summed E-state index contributed by atoms with van der Waals surface area (Å²) in [6.07, 6.45) is 1.34. The molecule has 1 aromatic heterocycles. The van der Waals surface area contributed by atoms with Gasteiger partial charge in [-0.3, -0.25) is 14.9 Å². The van der Waals surface area contributed by atoms with E-state index in [1.165, 1.54) is 18.3 Å². The summed E-state index contributed by atoms with van der Waals surface area (Å²) in [6, 6.07) is 15.8. The van der Waals surface area contributed by atoms with Gasteiger partial charge < -0.3 is 4.42 Å². The van der Waals surface area contributed by atoms with Crippen molar-refractivity contribution in [3.63, 3.8) is 0 Å². The summed E-state index contributed by atoms with van der Waals surface area (Å²) in [5.41, 5.74) is 3.35. The number of halogens is 1. The van der Waals surface area contributed by atoms with E-state index in [-0.39, 0.29) is 11.6 Å². The van der Waals surface area contributed by atoms with Crippen LogP contribution in [0.3, 0.4) is 0 Å². The number of nitro benzene ring substituents is 1. The molecule has 26 heavy (non-hydrogen) atoms. The normalized spacial score (nSPS) is 10.8. The highest BCUT2D eigenvalue weighted by Crippen LogP contribution is 2.25. The Balaban J connectivity index is 1.67. The number of amides is 1. The van der Waals surface area contributed by atoms with Gasteiger partial charge in [0.05, 0.1) is 11.1 Å². The molecule has 3 aromatic rings. The van der Waals surface area contributed by atoms with Crippen LogP contribution >= 0.6 is 11.6 Å². The number of carbonyl (C=O) groups excluding carboxylic acids is 1. The molecule has 0 atom stereocenters. The van der Waals surface area contributed by atoms with Gasteiger partial charge in [-0.25, -0.2) is 5.43 Å². The zero-order chi connectivity index (χ0) is 18.5. The van der Waals surface area contributed by atoms with Crippen molar-refractivity contribution in [2.45, 2.75) is 0 Å². The van der Waals surface area contributed by atoms with Gasteiger partial charge in [0.1, 0.15) is 11.5 Å². The number of hydrogen-bond donors (Lipinski definition) is 1. The number of hydrogen-bond acceptors (Lipinski definition) is 5. The van der Waals surface area contributed by atoms with Crippen LogP contribution < -0.4 is 5.43 Å². The van der Waals surface area contributed by atoms with Crippen molar-refractivity contribution >= 4 is 29.4 Å². The molecule has 1 N–H and O–H groups in total. The summed E-state index contributed by atoms with van der Waals surface area (Å²) in [5, 5.41) is 15.2. The van der Waals surface area contributed by atoms with Gasteiger partial charge in [0.25, 0.3) is 11.6 Å².